The maximum absolute atomic E-state index is 10.2. The van der Waals surface area contributed by atoms with Crippen LogP contribution < -0.4 is 0 Å². The van der Waals surface area contributed by atoms with Crippen LogP contribution in [0.5, 0.6) is 0 Å². The van der Waals surface area contributed by atoms with E-state index in [1.165, 1.54) is 13.0 Å². The third-order valence-corrected chi connectivity index (χ3v) is 0.603. The quantitative estimate of drug-likeness (QED) is 0.390. The summed E-state index contributed by atoms with van der Waals surface area (Å²) >= 11 is 0. The Bertz CT molecular complexity index is 115. The van der Waals surface area contributed by atoms with E-state index in [0.717, 1.165) is 5.57 Å². The van der Waals surface area contributed by atoms with E-state index in [2.05, 4.69) is 6.58 Å². The predicted molar refractivity (Wildman–Crippen MR) is 34.6 cm³/mol. The standard InChI is InChI=1S/C7H10O/c1-6(2)4-5-7(3)8/h4-5H,1H2,2-3H3. The maximum atomic E-state index is 10.2. The van der Waals surface area contributed by atoms with Crippen molar-refractivity contribution in [3.05, 3.63) is 24.3 Å². The fourth-order valence-corrected chi connectivity index (χ4v) is 0.260. The summed E-state index contributed by atoms with van der Waals surface area (Å²) < 4.78 is 0. The number of carbonyl (C=O) groups excluding carboxylic acids is 1. The van der Waals surface area contributed by atoms with Crippen molar-refractivity contribution in [2.24, 2.45) is 0 Å². The minimum atomic E-state index is 0.0630. The van der Waals surface area contributed by atoms with Crippen LogP contribution in [0.2, 0.25) is 0 Å². The van der Waals surface area contributed by atoms with Gasteiger partial charge in [-0.1, -0.05) is 18.2 Å². The summed E-state index contributed by atoms with van der Waals surface area (Å²) in [6.45, 7) is 6.95. The second-order valence-corrected chi connectivity index (χ2v) is 1.79. The van der Waals surface area contributed by atoms with Crippen LogP contribution in [0.25, 0.3) is 0 Å². The maximum Gasteiger partial charge on any atom is 0.152 e. The Labute approximate surface area is 49.7 Å². The molecule has 0 aliphatic heterocycles. The molecule has 0 amide bonds. The molecule has 0 bridgehead atoms. The first-order valence-corrected chi connectivity index (χ1v) is 2.47. The first kappa shape index (κ1) is 7.15. The molecule has 8 heavy (non-hydrogen) atoms. The molecule has 0 aromatic heterocycles. The molecule has 0 aromatic carbocycles. The van der Waals surface area contributed by atoms with E-state index >= 15 is 0 Å². The molecule has 0 saturated carbocycles. The molecule has 0 aromatic rings. The molecular weight excluding hydrogens is 100 g/mol. The largest absolute Gasteiger partial charge is 0.295 e. The Morgan fingerprint density at radius 2 is 1.88 bits per heavy atom. The first-order valence-electron chi connectivity index (χ1n) is 2.47. The molecular formula is C7H10O. The normalized spacial score (nSPS) is 9.75. The Kier molecular flexibility index (Phi) is 2.85. The van der Waals surface area contributed by atoms with Gasteiger partial charge in [-0.25, -0.2) is 0 Å². The van der Waals surface area contributed by atoms with Gasteiger partial charge < -0.3 is 0 Å². The number of allylic oxidation sites excluding steroid dienone is 3. The molecule has 0 radical (unpaired) electrons. The van der Waals surface area contributed by atoms with Crippen molar-refractivity contribution in [2.45, 2.75) is 13.8 Å². The number of ketones is 1. The van der Waals surface area contributed by atoms with Crippen molar-refractivity contribution in [1.82, 2.24) is 0 Å². The van der Waals surface area contributed by atoms with Gasteiger partial charge in [0.15, 0.2) is 5.78 Å². The third-order valence-electron chi connectivity index (χ3n) is 0.603. The van der Waals surface area contributed by atoms with Gasteiger partial charge in [0.05, 0.1) is 0 Å². The zero-order chi connectivity index (χ0) is 6.57. The lowest BCUT2D eigenvalue weighted by atomic mass is 10.3. The van der Waals surface area contributed by atoms with E-state index in [1.54, 1.807) is 6.08 Å². The highest BCUT2D eigenvalue weighted by atomic mass is 16.1. The second kappa shape index (κ2) is 3.19. The fraction of sp³-hybridized carbons (Fsp3) is 0.286. The van der Waals surface area contributed by atoms with E-state index in [9.17, 15) is 4.79 Å². The van der Waals surface area contributed by atoms with E-state index in [4.69, 9.17) is 0 Å². The summed E-state index contributed by atoms with van der Waals surface area (Å²) in [5.41, 5.74) is 0.903. The molecule has 1 nitrogen and oxygen atoms in total. The molecule has 0 aliphatic carbocycles. The van der Waals surface area contributed by atoms with Crippen molar-refractivity contribution in [3.63, 3.8) is 0 Å². The summed E-state index contributed by atoms with van der Waals surface area (Å²) in [5.74, 6) is 0.0630. The van der Waals surface area contributed by atoms with Crippen LogP contribution in [0.4, 0.5) is 0 Å². The first-order chi connectivity index (χ1) is 3.63. The lowest BCUT2D eigenvalue weighted by Crippen LogP contribution is -1.78. The van der Waals surface area contributed by atoms with Gasteiger partial charge in [0.25, 0.3) is 0 Å². The van der Waals surface area contributed by atoms with E-state index in [0.29, 0.717) is 0 Å². The highest BCUT2D eigenvalue weighted by Crippen LogP contribution is 1.87. The van der Waals surface area contributed by atoms with Crippen LogP contribution in [-0.4, -0.2) is 5.78 Å². The minimum Gasteiger partial charge on any atom is -0.295 e. The molecule has 0 unspecified atom stereocenters. The average Bonchev–Trinajstić information content (AvgIpc) is 1.61. The monoisotopic (exact) mass is 110 g/mol. The molecule has 0 spiro atoms. The summed E-state index contributed by atoms with van der Waals surface area (Å²) in [6, 6.07) is 0. The summed E-state index contributed by atoms with van der Waals surface area (Å²) in [4.78, 5) is 10.2. The van der Waals surface area contributed by atoms with Gasteiger partial charge in [-0.3, -0.25) is 4.79 Å². The van der Waals surface area contributed by atoms with Gasteiger partial charge in [0, 0.05) is 0 Å². The SMILES string of the molecule is C=C(C)C=CC(C)=O. The number of hydrogen-bond acceptors (Lipinski definition) is 1. The van der Waals surface area contributed by atoms with Crippen molar-refractivity contribution < 1.29 is 4.79 Å². The number of carbonyl (C=O) groups is 1. The van der Waals surface area contributed by atoms with E-state index in [1.807, 2.05) is 6.92 Å². The molecule has 0 saturated heterocycles. The Morgan fingerprint density at radius 1 is 1.38 bits per heavy atom. The zero-order valence-electron chi connectivity index (χ0n) is 5.27. The molecule has 0 fully saturated rings. The molecule has 0 N–H and O–H groups in total. The van der Waals surface area contributed by atoms with Gasteiger partial charge in [-0.15, -0.1) is 0 Å². The molecule has 1 heteroatoms. The smallest absolute Gasteiger partial charge is 0.152 e. The minimum absolute atomic E-state index is 0.0630. The Balaban J connectivity index is 3.67. The van der Waals surface area contributed by atoms with Crippen molar-refractivity contribution in [2.75, 3.05) is 0 Å². The van der Waals surface area contributed by atoms with Gasteiger partial charge in [-0.05, 0) is 19.9 Å². The van der Waals surface area contributed by atoms with E-state index < -0.39 is 0 Å². The van der Waals surface area contributed by atoms with Crippen molar-refractivity contribution in [3.8, 4) is 0 Å². The Morgan fingerprint density at radius 3 is 2.00 bits per heavy atom. The van der Waals surface area contributed by atoms with Crippen LogP contribution in [0.3, 0.4) is 0 Å². The summed E-state index contributed by atoms with van der Waals surface area (Å²) in [5, 5.41) is 0. The fourth-order valence-electron chi connectivity index (χ4n) is 0.260. The van der Waals surface area contributed by atoms with Gasteiger partial charge in [-0.2, -0.15) is 0 Å². The van der Waals surface area contributed by atoms with Crippen LogP contribution >= 0.6 is 0 Å². The van der Waals surface area contributed by atoms with Crippen molar-refractivity contribution in [1.29, 1.82) is 0 Å². The summed E-state index contributed by atoms with van der Waals surface area (Å²) in [7, 11) is 0. The highest BCUT2D eigenvalue weighted by Gasteiger charge is 1.78. The van der Waals surface area contributed by atoms with Crippen LogP contribution in [0, 0.1) is 0 Å². The zero-order valence-corrected chi connectivity index (χ0v) is 5.27. The molecule has 0 heterocycles. The molecule has 44 valence electrons. The molecule has 0 aliphatic rings. The Hall–Kier alpha value is -0.850. The molecule has 0 rings (SSSR count). The van der Waals surface area contributed by atoms with Crippen LogP contribution in [0.1, 0.15) is 13.8 Å². The molecule has 0 atom stereocenters. The van der Waals surface area contributed by atoms with Gasteiger partial charge >= 0.3 is 0 Å². The lowest BCUT2D eigenvalue weighted by Gasteiger charge is -1.80. The second-order valence-electron chi connectivity index (χ2n) is 1.79. The van der Waals surface area contributed by atoms with Gasteiger partial charge in [0.2, 0.25) is 0 Å². The number of hydrogen-bond donors (Lipinski definition) is 0. The third kappa shape index (κ3) is 5.15. The average molecular weight is 110 g/mol. The predicted octanol–water partition coefficient (Wildman–Crippen LogP) is 1.71. The van der Waals surface area contributed by atoms with Crippen LogP contribution in [0.15, 0.2) is 24.3 Å². The van der Waals surface area contributed by atoms with Gasteiger partial charge in [0.1, 0.15) is 0 Å². The van der Waals surface area contributed by atoms with Crippen molar-refractivity contribution >= 4 is 5.78 Å². The van der Waals surface area contributed by atoms with Crippen LogP contribution in [-0.2, 0) is 4.79 Å². The topological polar surface area (TPSA) is 17.1 Å². The number of rotatable bonds is 2. The lowest BCUT2D eigenvalue weighted by molar-refractivity contribution is -0.112. The van der Waals surface area contributed by atoms with E-state index in [-0.39, 0.29) is 5.78 Å². The highest BCUT2D eigenvalue weighted by molar-refractivity contribution is 5.87. The summed E-state index contributed by atoms with van der Waals surface area (Å²) in [6.07, 6.45) is 3.20.